The lowest BCUT2D eigenvalue weighted by atomic mass is 10.3. The Balaban J connectivity index is 0. The summed E-state index contributed by atoms with van der Waals surface area (Å²) in [5, 5.41) is 0. The zero-order valence-corrected chi connectivity index (χ0v) is 6.68. The lowest BCUT2D eigenvalue weighted by molar-refractivity contribution is -0.106. The lowest BCUT2D eigenvalue weighted by Gasteiger charge is -2.01. The average Bonchev–Trinajstić information content (AvgIpc) is 1.88. The first-order valence-corrected chi connectivity index (χ1v) is 3.15. The first kappa shape index (κ1) is 11.4. The van der Waals surface area contributed by atoms with Crippen molar-refractivity contribution in [3.8, 4) is 0 Å². The molecule has 0 aromatic heterocycles. The zero-order valence-electron chi connectivity index (χ0n) is 6.68. The van der Waals surface area contributed by atoms with Crippen molar-refractivity contribution in [2.75, 3.05) is 7.11 Å². The van der Waals surface area contributed by atoms with Crippen molar-refractivity contribution >= 4 is 6.29 Å². The topological polar surface area (TPSA) is 26.3 Å². The molecular formula is C7H16O2. The number of rotatable bonds is 2. The molecule has 0 aliphatic rings. The Morgan fingerprint density at radius 2 is 2.00 bits per heavy atom. The van der Waals surface area contributed by atoms with Crippen LogP contribution in [0.25, 0.3) is 0 Å². The van der Waals surface area contributed by atoms with Crippen LogP contribution < -0.4 is 0 Å². The number of carbonyl (C=O) groups is 1. The van der Waals surface area contributed by atoms with E-state index >= 15 is 0 Å². The van der Waals surface area contributed by atoms with Gasteiger partial charge in [-0.1, -0.05) is 6.92 Å². The van der Waals surface area contributed by atoms with Gasteiger partial charge < -0.3 is 9.53 Å². The minimum Gasteiger partial charge on any atom is -0.382 e. The van der Waals surface area contributed by atoms with Crippen LogP contribution in [0.3, 0.4) is 0 Å². The van der Waals surface area contributed by atoms with E-state index in [1.54, 1.807) is 7.11 Å². The monoisotopic (exact) mass is 132 g/mol. The normalized spacial score (nSPS) is 11.1. The van der Waals surface area contributed by atoms with E-state index < -0.39 is 0 Å². The molecule has 0 rings (SSSR count). The van der Waals surface area contributed by atoms with Crippen molar-refractivity contribution < 1.29 is 9.53 Å². The molecule has 0 heterocycles. The average molecular weight is 132 g/mol. The Hall–Kier alpha value is -0.370. The van der Waals surface area contributed by atoms with Gasteiger partial charge in [0.15, 0.2) is 0 Å². The summed E-state index contributed by atoms with van der Waals surface area (Å²) < 4.78 is 4.90. The van der Waals surface area contributed by atoms with Crippen LogP contribution in [-0.2, 0) is 9.53 Å². The van der Waals surface area contributed by atoms with E-state index in [2.05, 4.69) is 13.8 Å². The van der Waals surface area contributed by atoms with Crippen LogP contribution in [0.2, 0.25) is 0 Å². The van der Waals surface area contributed by atoms with Gasteiger partial charge in [-0.25, -0.2) is 0 Å². The minimum atomic E-state index is 0.435. The van der Waals surface area contributed by atoms with E-state index in [1.165, 1.54) is 6.92 Å². The molecule has 0 aliphatic carbocycles. The summed E-state index contributed by atoms with van der Waals surface area (Å²) in [6.45, 7) is 5.61. The number of carbonyl (C=O) groups excluding carboxylic acids is 1. The molecule has 0 saturated carbocycles. The zero-order chi connectivity index (χ0) is 7.70. The molecule has 0 spiro atoms. The fraction of sp³-hybridized carbons (Fsp3) is 0.857. The number of hydrogen-bond acceptors (Lipinski definition) is 2. The molecule has 0 bridgehead atoms. The maximum absolute atomic E-state index is 8.81. The summed E-state index contributed by atoms with van der Waals surface area (Å²) in [7, 11) is 1.73. The molecule has 2 nitrogen and oxygen atoms in total. The third kappa shape index (κ3) is 18.4. The molecule has 2 heteroatoms. The largest absolute Gasteiger partial charge is 0.382 e. The van der Waals surface area contributed by atoms with Crippen molar-refractivity contribution in [2.24, 2.45) is 0 Å². The molecule has 0 aromatic rings. The molecule has 1 atom stereocenters. The first-order chi connectivity index (χ1) is 4.22. The molecule has 0 amide bonds. The Labute approximate surface area is 57.2 Å². The maximum Gasteiger partial charge on any atom is 0.116 e. The van der Waals surface area contributed by atoms with Crippen molar-refractivity contribution in [2.45, 2.75) is 33.3 Å². The van der Waals surface area contributed by atoms with Crippen LogP contribution in [0.1, 0.15) is 27.2 Å². The highest BCUT2D eigenvalue weighted by molar-refractivity contribution is 5.44. The Morgan fingerprint density at radius 3 is 2.00 bits per heavy atom. The lowest BCUT2D eigenvalue weighted by Crippen LogP contribution is -2.00. The molecule has 0 aromatic carbocycles. The highest BCUT2D eigenvalue weighted by Crippen LogP contribution is 1.89. The third-order valence-corrected chi connectivity index (χ3v) is 0.977. The smallest absolute Gasteiger partial charge is 0.116 e. The standard InChI is InChI=1S/C5H12O.C2H4O/c1-4-5(2)6-3;1-2-3/h5H,4H2,1-3H3;2H,1H3. The Kier molecular flexibility index (Phi) is 13.4. The van der Waals surface area contributed by atoms with Gasteiger partial charge in [-0.15, -0.1) is 0 Å². The van der Waals surface area contributed by atoms with Crippen LogP contribution in [-0.4, -0.2) is 19.5 Å². The minimum absolute atomic E-state index is 0.435. The van der Waals surface area contributed by atoms with Gasteiger partial charge in [-0.2, -0.15) is 0 Å². The SMILES string of the molecule is CC=O.CCC(C)OC. The second kappa shape index (κ2) is 10.6. The summed E-state index contributed by atoms with van der Waals surface area (Å²) in [5.74, 6) is 0. The second-order valence-electron chi connectivity index (χ2n) is 1.69. The molecule has 0 saturated heterocycles. The van der Waals surface area contributed by atoms with Gasteiger partial charge in [0.25, 0.3) is 0 Å². The van der Waals surface area contributed by atoms with Crippen molar-refractivity contribution in [3.05, 3.63) is 0 Å². The van der Waals surface area contributed by atoms with Crippen LogP contribution in [0.4, 0.5) is 0 Å². The van der Waals surface area contributed by atoms with E-state index in [0.29, 0.717) is 6.10 Å². The second-order valence-corrected chi connectivity index (χ2v) is 1.69. The predicted molar refractivity (Wildman–Crippen MR) is 38.5 cm³/mol. The van der Waals surface area contributed by atoms with Crippen LogP contribution in [0, 0.1) is 0 Å². The summed E-state index contributed by atoms with van der Waals surface area (Å²) in [5.41, 5.74) is 0. The molecular weight excluding hydrogens is 116 g/mol. The van der Waals surface area contributed by atoms with Crippen molar-refractivity contribution in [3.63, 3.8) is 0 Å². The van der Waals surface area contributed by atoms with Gasteiger partial charge in [-0.3, -0.25) is 0 Å². The van der Waals surface area contributed by atoms with Crippen LogP contribution >= 0.6 is 0 Å². The molecule has 9 heavy (non-hydrogen) atoms. The summed E-state index contributed by atoms with van der Waals surface area (Å²) >= 11 is 0. The summed E-state index contributed by atoms with van der Waals surface area (Å²) in [4.78, 5) is 8.81. The van der Waals surface area contributed by atoms with Gasteiger partial charge in [0.2, 0.25) is 0 Å². The fourth-order valence-electron chi connectivity index (χ4n) is 0.167. The highest BCUT2D eigenvalue weighted by atomic mass is 16.5. The summed E-state index contributed by atoms with van der Waals surface area (Å²) in [6.07, 6.45) is 2.29. The van der Waals surface area contributed by atoms with Crippen molar-refractivity contribution in [1.29, 1.82) is 0 Å². The number of ether oxygens (including phenoxy) is 1. The van der Waals surface area contributed by atoms with E-state index in [-0.39, 0.29) is 0 Å². The number of hydrogen-bond donors (Lipinski definition) is 0. The quantitative estimate of drug-likeness (QED) is 0.534. The number of aldehydes is 1. The van der Waals surface area contributed by atoms with E-state index in [1.807, 2.05) is 0 Å². The van der Waals surface area contributed by atoms with E-state index in [0.717, 1.165) is 12.7 Å². The highest BCUT2D eigenvalue weighted by Gasteiger charge is 1.88. The van der Waals surface area contributed by atoms with Crippen LogP contribution in [0.5, 0.6) is 0 Å². The fourth-order valence-corrected chi connectivity index (χ4v) is 0.167. The molecule has 56 valence electrons. The number of methoxy groups -OCH3 is 1. The van der Waals surface area contributed by atoms with Crippen molar-refractivity contribution in [1.82, 2.24) is 0 Å². The van der Waals surface area contributed by atoms with Crippen LogP contribution in [0.15, 0.2) is 0 Å². The van der Waals surface area contributed by atoms with Gasteiger partial charge in [-0.05, 0) is 20.3 Å². The Bertz CT molecular complexity index is 48.9. The molecule has 0 N–H and O–H groups in total. The molecule has 1 unspecified atom stereocenters. The van der Waals surface area contributed by atoms with Gasteiger partial charge in [0.05, 0.1) is 6.10 Å². The third-order valence-electron chi connectivity index (χ3n) is 0.977. The van der Waals surface area contributed by atoms with Gasteiger partial charge in [0.1, 0.15) is 6.29 Å². The van der Waals surface area contributed by atoms with E-state index in [4.69, 9.17) is 9.53 Å². The molecule has 0 radical (unpaired) electrons. The molecule has 0 aliphatic heterocycles. The van der Waals surface area contributed by atoms with E-state index in [9.17, 15) is 0 Å². The first-order valence-electron chi connectivity index (χ1n) is 3.15. The predicted octanol–water partition coefficient (Wildman–Crippen LogP) is 1.64. The molecule has 0 fully saturated rings. The Morgan fingerprint density at radius 1 is 1.67 bits per heavy atom. The van der Waals surface area contributed by atoms with Gasteiger partial charge >= 0.3 is 0 Å². The maximum atomic E-state index is 8.81. The van der Waals surface area contributed by atoms with Gasteiger partial charge in [0, 0.05) is 7.11 Å². The summed E-state index contributed by atoms with van der Waals surface area (Å²) in [6, 6.07) is 0.